The van der Waals surface area contributed by atoms with E-state index in [0.29, 0.717) is 23.7 Å². The third-order valence-electron chi connectivity index (χ3n) is 6.51. The highest BCUT2D eigenvalue weighted by Crippen LogP contribution is 2.38. The molecule has 1 fully saturated rings. The van der Waals surface area contributed by atoms with Gasteiger partial charge in [0.1, 0.15) is 5.82 Å². The number of carbonyl (C=O) groups is 1. The minimum Gasteiger partial charge on any atom is -0.493 e. The van der Waals surface area contributed by atoms with Gasteiger partial charge in [-0.1, -0.05) is 6.07 Å². The summed E-state index contributed by atoms with van der Waals surface area (Å²) in [7, 11) is 3.23. The highest BCUT2D eigenvalue weighted by atomic mass is 19.1. The Bertz CT molecular complexity index is 1160. The van der Waals surface area contributed by atoms with Crippen molar-refractivity contribution in [3.63, 3.8) is 0 Å². The Morgan fingerprint density at radius 3 is 2.56 bits per heavy atom. The highest BCUT2D eigenvalue weighted by Gasteiger charge is 2.35. The smallest absolute Gasteiger partial charge is 0.275 e. The molecule has 32 heavy (non-hydrogen) atoms. The molecule has 0 radical (unpaired) electrons. The third-order valence-corrected chi connectivity index (χ3v) is 6.51. The van der Waals surface area contributed by atoms with Gasteiger partial charge in [-0.2, -0.15) is 5.10 Å². The van der Waals surface area contributed by atoms with E-state index < -0.39 is 0 Å². The van der Waals surface area contributed by atoms with Crippen LogP contribution in [0.25, 0.3) is 5.69 Å². The average molecular weight is 435 g/mol. The molecule has 2 aromatic carbocycles. The van der Waals surface area contributed by atoms with Crippen molar-refractivity contribution in [1.29, 1.82) is 0 Å². The fourth-order valence-electron chi connectivity index (χ4n) is 4.96. The normalized spacial score (nSPS) is 17.5. The van der Waals surface area contributed by atoms with E-state index in [2.05, 4.69) is 0 Å². The summed E-state index contributed by atoms with van der Waals surface area (Å²) in [5.41, 5.74) is 4.41. The van der Waals surface area contributed by atoms with Crippen LogP contribution in [0, 0.1) is 5.82 Å². The number of ether oxygens (including phenoxy) is 2. The van der Waals surface area contributed by atoms with Crippen molar-refractivity contribution in [1.82, 2.24) is 14.7 Å². The predicted octanol–water partition coefficient (Wildman–Crippen LogP) is 4.49. The van der Waals surface area contributed by atoms with Crippen LogP contribution in [0.3, 0.4) is 0 Å². The van der Waals surface area contributed by atoms with Crippen LogP contribution in [0.5, 0.6) is 11.5 Å². The molecular formula is C25H26FN3O3. The first kappa shape index (κ1) is 20.5. The van der Waals surface area contributed by atoms with E-state index in [9.17, 15) is 9.18 Å². The zero-order valence-corrected chi connectivity index (χ0v) is 18.3. The fourth-order valence-corrected chi connectivity index (χ4v) is 4.96. The Morgan fingerprint density at radius 1 is 1.03 bits per heavy atom. The molecule has 0 N–H and O–H groups in total. The molecule has 1 aromatic heterocycles. The standard InChI is InChI=1S/C25H26FN3O3/c1-31-22-13-8-16(15-23(22)32-2)20-7-4-14-28(20)25(30)24-19-5-3-6-21(19)29(27-24)18-11-9-17(26)10-12-18/h8-13,15,20H,3-7,14H2,1-2H3. The number of aromatic nitrogens is 2. The van der Waals surface area contributed by atoms with E-state index in [4.69, 9.17) is 14.6 Å². The summed E-state index contributed by atoms with van der Waals surface area (Å²) in [6.45, 7) is 0.691. The maximum Gasteiger partial charge on any atom is 0.275 e. The number of likely N-dealkylation sites (tertiary alicyclic amines) is 1. The van der Waals surface area contributed by atoms with Crippen LogP contribution in [-0.4, -0.2) is 41.4 Å². The van der Waals surface area contributed by atoms with Crippen molar-refractivity contribution in [2.24, 2.45) is 0 Å². The van der Waals surface area contributed by atoms with Crippen LogP contribution in [0.15, 0.2) is 42.5 Å². The molecule has 7 heteroatoms. The average Bonchev–Trinajstić information content (AvgIpc) is 3.55. The van der Waals surface area contributed by atoms with Crippen LogP contribution in [0.2, 0.25) is 0 Å². The quantitative estimate of drug-likeness (QED) is 0.592. The van der Waals surface area contributed by atoms with Crippen LogP contribution in [-0.2, 0) is 12.8 Å². The molecule has 6 nitrogen and oxygen atoms in total. The molecule has 2 aliphatic rings. The molecule has 1 aliphatic carbocycles. The monoisotopic (exact) mass is 435 g/mol. The van der Waals surface area contributed by atoms with Gasteiger partial charge in [-0.3, -0.25) is 4.79 Å². The Kier molecular flexibility index (Phi) is 5.33. The molecule has 166 valence electrons. The highest BCUT2D eigenvalue weighted by molar-refractivity contribution is 5.95. The summed E-state index contributed by atoms with van der Waals surface area (Å²) in [5, 5.41) is 4.72. The first-order valence-corrected chi connectivity index (χ1v) is 11.0. The zero-order valence-electron chi connectivity index (χ0n) is 18.3. The largest absolute Gasteiger partial charge is 0.493 e. The number of rotatable bonds is 5. The Morgan fingerprint density at radius 2 is 1.81 bits per heavy atom. The summed E-state index contributed by atoms with van der Waals surface area (Å²) in [4.78, 5) is 15.6. The molecule has 1 aliphatic heterocycles. The fraction of sp³-hybridized carbons (Fsp3) is 0.360. The van der Waals surface area contributed by atoms with Gasteiger partial charge in [0.2, 0.25) is 0 Å². The molecule has 5 rings (SSSR count). The molecule has 0 bridgehead atoms. The van der Waals surface area contributed by atoms with Crippen molar-refractivity contribution in [2.45, 2.75) is 38.1 Å². The van der Waals surface area contributed by atoms with Crippen molar-refractivity contribution in [3.05, 3.63) is 70.8 Å². The number of hydrogen-bond acceptors (Lipinski definition) is 4. The van der Waals surface area contributed by atoms with Crippen LogP contribution >= 0.6 is 0 Å². The molecule has 2 heterocycles. The van der Waals surface area contributed by atoms with E-state index in [0.717, 1.165) is 54.6 Å². The second-order valence-corrected chi connectivity index (χ2v) is 8.29. The van der Waals surface area contributed by atoms with Gasteiger partial charge in [0, 0.05) is 17.8 Å². The number of halogens is 1. The lowest BCUT2D eigenvalue weighted by Crippen LogP contribution is -2.31. The molecule has 3 aromatic rings. The second kappa shape index (κ2) is 8.30. The van der Waals surface area contributed by atoms with E-state index in [1.54, 1.807) is 26.4 Å². The van der Waals surface area contributed by atoms with Gasteiger partial charge < -0.3 is 14.4 Å². The molecule has 1 unspecified atom stereocenters. The molecule has 1 saturated heterocycles. The number of carbonyl (C=O) groups excluding carboxylic acids is 1. The first-order valence-electron chi connectivity index (χ1n) is 11.0. The second-order valence-electron chi connectivity index (χ2n) is 8.29. The predicted molar refractivity (Wildman–Crippen MR) is 118 cm³/mol. The lowest BCUT2D eigenvalue weighted by atomic mass is 10.0. The molecule has 1 amide bonds. The van der Waals surface area contributed by atoms with Gasteiger partial charge in [0.15, 0.2) is 17.2 Å². The minimum absolute atomic E-state index is 0.0321. The summed E-state index contributed by atoms with van der Waals surface area (Å²) in [5.74, 6) is 0.999. The summed E-state index contributed by atoms with van der Waals surface area (Å²) in [6.07, 6.45) is 4.53. The maximum absolute atomic E-state index is 13.7. The van der Waals surface area contributed by atoms with Crippen molar-refractivity contribution in [3.8, 4) is 17.2 Å². The van der Waals surface area contributed by atoms with Gasteiger partial charge in [-0.05, 0) is 74.1 Å². The van der Waals surface area contributed by atoms with E-state index in [1.807, 2.05) is 27.8 Å². The summed E-state index contributed by atoms with van der Waals surface area (Å²) >= 11 is 0. The molecule has 0 saturated carbocycles. The SMILES string of the molecule is COc1ccc(C2CCCN2C(=O)c2nn(-c3ccc(F)cc3)c3c2CCC3)cc1OC. The van der Waals surface area contributed by atoms with Gasteiger partial charge in [0.05, 0.1) is 25.9 Å². The number of benzene rings is 2. The van der Waals surface area contributed by atoms with Crippen LogP contribution in [0.4, 0.5) is 4.39 Å². The van der Waals surface area contributed by atoms with Gasteiger partial charge in [-0.15, -0.1) is 0 Å². The Hall–Kier alpha value is -3.35. The first-order chi connectivity index (χ1) is 15.6. The van der Waals surface area contributed by atoms with Crippen molar-refractivity contribution < 1.29 is 18.7 Å². The van der Waals surface area contributed by atoms with Crippen molar-refractivity contribution >= 4 is 5.91 Å². The molecular weight excluding hydrogens is 409 g/mol. The van der Waals surface area contributed by atoms with Gasteiger partial charge in [-0.25, -0.2) is 9.07 Å². The minimum atomic E-state index is -0.288. The van der Waals surface area contributed by atoms with Crippen LogP contribution < -0.4 is 9.47 Å². The van der Waals surface area contributed by atoms with Gasteiger partial charge >= 0.3 is 0 Å². The van der Waals surface area contributed by atoms with E-state index in [-0.39, 0.29) is 17.8 Å². The number of nitrogens with zero attached hydrogens (tertiary/aromatic N) is 3. The molecule has 0 spiro atoms. The van der Waals surface area contributed by atoms with E-state index >= 15 is 0 Å². The third kappa shape index (κ3) is 3.42. The van der Waals surface area contributed by atoms with Crippen molar-refractivity contribution in [2.75, 3.05) is 20.8 Å². The number of hydrogen-bond donors (Lipinski definition) is 0. The zero-order chi connectivity index (χ0) is 22.2. The number of fused-ring (bicyclic) bond motifs is 1. The molecule has 1 atom stereocenters. The summed E-state index contributed by atoms with van der Waals surface area (Å²) < 4.78 is 26.1. The Labute approximate surface area is 186 Å². The maximum atomic E-state index is 13.7. The topological polar surface area (TPSA) is 56.6 Å². The number of amides is 1. The van der Waals surface area contributed by atoms with Gasteiger partial charge in [0.25, 0.3) is 5.91 Å². The summed E-state index contributed by atoms with van der Waals surface area (Å²) in [6, 6.07) is 12.1. The lowest BCUT2D eigenvalue weighted by Gasteiger charge is -2.25. The van der Waals surface area contributed by atoms with Crippen LogP contribution in [0.1, 0.15) is 52.6 Å². The number of methoxy groups -OCH3 is 2. The van der Waals surface area contributed by atoms with E-state index in [1.165, 1.54) is 12.1 Å². The Balaban J connectivity index is 1.49. The lowest BCUT2D eigenvalue weighted by molar-refractivity contribution is 0.0728.